The molecule has 0 aliphatic heterocycles. The maximum atomic E-state index is 10.6. The van der Waals surface area contributed by atoms with Crippen LogP contribution in [0, 0.1) is 5.92 Å². The van der Waals surface area contributed by atoms with Crippen molar-refractivity contribution in [3.8, 4) is 0 Å². The minimum absolute atomic E-state index is 0.0100. The minimum atomic E-state index is -0.424. The Bertz CT molecular complexity index is 196. The number of carbonyl (C=O) groups excluding carboxylic acids is 1. The molecule has 0 spiro atoms. The van der Waals surface area contributed by atoms with Crippen molar-refractivity contribution in [2.75, 3.05) is 13.2 Å². The highest BCUT2D eigenvalue weighted by Gasteiger charge is 2.37. The Kier molecular flexibility index (Phi) is 3.27. The predicted molar refractivity (Wildman–Crippen MR) is 49.9 cm³/mol. The average molecular weight is 186 g/mol. The van der Waals surface area contributed by atoms with Crippen LogP contribution in [0.25, 0.3) is 0 Å². The van der Waals surface area contributed by atoms with Crippen molar-refractivity contribution in [3.05, 3.63) is 0 Å². The van der Waals surface area contributed by atoms with E-state index in [0.717, 1.165) is 19.3 Å². The van der Waals surface area contributed by atoms with E-state index in [2.05, 4.69) is 6.92 Å². The van der Waals surface area contributed by atoms with Crippen LogP contribution in [-0.2, 0) is 9.53 Å². The summed E-state index contributed by atoms with van der Waals surface area (Å²) in [6.07, 6.45) is 3.00. The summed E-state index contributed by atoms with van der Waals surface area (Å²) in [5, 5.41) is 0. The van der Waals surface area contributed by atoms with Gasteiger partial charge in [0.05, 0.1) is 5.60 Å². The third-order valence-electron chi connectivity index (χ3n) is 2.71. The summed E-state index contributed by atoms with van der Waals surface area (Å²) in [5.41, 5.74) is 10.4. The molecule has 1 fully saturated rings. The quantitative estimate of drug-likeness (QED) is 0.649. The molecule has 2 unspecified atom stereocenters. The summed E-state index contributed by atoms with van der Waals surface area (Å²) >= 11 is 0. The number of rotatable bonds is 4. The zero-order chi connectivity index (χ0) is 9.90. The first kappa shape index (κ1) is 10.5. The van der Waals surface area contributed by atoms with Crippen LogP contribution >= 0.6 is 0 Å². The molecule has 0 aromatic carbocycles. The number of hydrogen-bond acceptors (Lipinski definition) is 3. The van der Waals surface area contributed by atoms with Gasteiger partial charge in [0, 0.05) is 6.54 Å². The molecule has 1 saturated carbocycles. The number of carbonyl (C=O) groups is 1. The van der Waals surface area contributed by atoms with E-state index in [9.17, 15) is 4.79 Å². The number of nitrogens with two attached hydrogens (primary N) is 2. The van der Waals surface area contributed by atoms with Gasteiger partial charge in [-0.15, -0.1) is 0 Å². The van der Waals surface area contributed by atoms with Gasteiger partial charge in [0.15, 0.2) is 0 Å². The molecule has 76 valence electrons. The third-order valence-corrected chi connectivity index (χ3v) is 2.71. The summed E-state index contributed by atoms with van der Waals surface area (Å²) in [6, 6.07) is 0. The lowest BCUT2D eigenvalue weighted by Gasteiger charge is -2.27. The molecule has 0 heterocycles. The predicted octanol–water partition coefficient (Wildman–Crippen LogP) is 0.00580. The number of amides is 1. The van der Waals surface area contributed by atoms with Crippen LogP contribution in [0.15, 0.2) is 0 Å². The monoisotopic (exact) mass is 186 g/mol. The topological polar surface area (TPSA) is 78.3 Å². The van der Waals surface area contributed by atoms with Crippen LogP contribution in [0.4, 0.5) is 0 Å². The molecule has 13 heavy (non-hydrogen) atoms. The summed E-state index contributed by atoms with van der Waals surface area (Å²) in [5.74, 6) is 0.212. The first-order valence-corrected chi connectivity index (χ1v) is 4.70. The van der Waals surface area contributed by atoms with E-state index in [1.165, 1.54) is 0 Å². The van der Waals surface area contributed by atoms with Crippen molar-refractivity contribution >= 4 is 5.91 Å². The maximum Gasteiger partial charge on any atom is 0.243 e. The number of primary amides is 1. The summed E-state index contributed by atoms with van der Waals surface area (Å²) in [7, 11) is 0. The van der Waals surface area contributed by atoms with Crippen molar-refractivity contribution in [3.63, 3.8) is 0 Å². The average Bonchev–Trinajstić information content (AvgIpc) is 2.45. The van der Waals surface area contributed by atoms with E-state index in [4.69, 9.17) is 16.2 Å². The van der Waals surface area contributed by atoms with Crippen LogP contribution in [0.5, 0.6) is 0 Å². The lowest BCUT2D eigenvalue weighted by atomic mass is 10.0. The van der Waals surface area contributed by atoms with E-state index < -0.39 is 5.91 Å². The van der Waals surface area contributed by atoms with Crippen molar-refractivity contribution in [1.82, 2.24) is 0 Å². The van der Waals surface area contributed by atoms with Gasteiger partial charge in [-0.25, -0.2) is 0 Å². The molecule has 1 amide bonds. The maximum absolute atomic E-state index is 10.6. The zero-order valence-electron chi connectivity index (χ0n) is 8.08. The summed E-state index contributed by atoms with van der Waals surface area (Å²) in [4.78, 5) is 10.6. The highest BCUT2D eigenvalue weighted by atomic mass is 16.5. The van der Waals surface area contributed by atoms with Crippen LogP contribution in [0.2, 0.25) is 0 Å². The molecule has 1 aliphatic carbocycles. The number of ether oxygens (including phenoxy) is 1. The van der Waals surface area contributed by atoms with E-state index in [1.54, 1.807) is 0 Å². The molecule has 0 radical (unpaired) electrons. The second-order valence-corrected chi connectivity index (χ2v) is 3.99. The molecule has 4 nitrogen and oxygen atoms in total. The fourth-order valence-corrected chi connectivity index (χ4v) is 1.95. The molecule has 0 aromatic heterocycles. The molecule has 1 rings (SSSR count). The van der Waals surface area contributed by atoms with Gasteiger partial charge in [-0.2, -0.15) is 0 Å². The van der Waals surface area contributed by atoms with Crippen LogP contribution in [-0.4, -0.2) is 24.7 Å². The number of hydrogen-bond donors (Lipinski definition) is 2. The van der Waals surface area contributed by atoms with Crippen LogP contribution < -0.4 is 11.5 Å². The van der Waals surface area contributed by atoms with Gasteiger partial charge in [0.25, 0.3) is 0 Å². The largest absolute Gasteiger partial charge is 0.368 e. The van der Waals surface area contributed by atoms with Gasteiger partial charge in [-0.1, -0.05) is 6.92 Å². The van der Waals surface area contributed by atoms with E-state index in [-0.39, 0.29) is 12.2 Å². The van der Waals surface area contributed by atoms with Gasteiger partial charge in [-0.05, 0) is 25.2 Å². The standard InChI is InChI=1S/C9H18N2O2/c1-7-2-3-9(4-7,6-10)13-5-8(11)12/h7H,2-6,10H2,1H3,(H2,11,12). The van der Waals surface area contributed by atoms with Gasteiger partial charge in [-0.3, -0.25) is 4.79 Å². The Balaban J connectivity index is 2.46. The molecule has 0 bridgehead atoms. The van der Waals surface area contributed by atoms with Gasteiger partial charge in [0.2, 0.25) is 5.91 Å². The van der Waals surface area contributed by atoms with Crippen molar-refractivity contribution in [2.45, 2.75) is 31.8 Å². The zero-order valence-corrected chi connectivity index (χ0v) is 8.08. The minimum Gasteiger partial charge on any atom is -0.368 e. The van der Waals surface area contributed by atoms with Crippen molar-refractivity contribution in [1.29, 1.82) is 0 Å². The Labute approximate surface area is 78.6 Å². The lowest BCUT2D eigenvalue weighted by molar-refractivity contribution is -0.129. The molecular formula is C9H18N2O2. The summed E-state index contributed by atoms with van der Waals surface area (Å²) in [6.45, 7) is 2.64. The SMILES string of the molecule is CC1CCC(CN)(OCC(N)=O)C1. The normalized spacial score (nSPS) is 33.5. The Morgan fingerprint density at radius 1 is 1.69 bits per heavy atom. The van der Waals surface area contributed by atoms with E-state index in [1.807, 2.05) is 0 Å². The molecule has 2 atom stereocenters. The Morgan fingerprint density at radius 2 is 2.38 bits per heavy atom. The fourth-order valence-electron chi connectivity index (χ4n) is 1.95. The Hall–Kier alpha value is -0.610. The lowest BCUT2D eigenvalue weighted by Crippen LogP contribution is -2.40. The second-order valence-electron chi connectivity index (χ2n) is 3.99. The van der Waals surface area contributed by atoms with Gasteiger partial charge in [0.1, 0.15) is 6.61 Å². The first-order valence-electron chi connectivity index (χ1n) is 4.70. The highest BCUT2D eigenvalue weighted by molar-refractivity contribution is 5.75. The molecule has 4 N–H and O–H groups in total. The smallest absolute Gasteiger partial charge is 0.243 e. The summed E-state index contributed by atoms with van der Waals surface area (Å²) < 4.78 is 5.47. The molecule has 0 saturated heterocycles. The molecule has 0 aromatic rings. The highest BCUT2D eigenvalue weighted by Crippen LogP contribution is 2.36. The molecule has 4 heteroatoms. The Morgan fingerprint density at radius 3 is 2.77 bits per heavy atom. The molecule has 1 aliphatic rings. The van der Waals surface area contributed by atoms with Gasteiger partial charge < -0.3 is 16.2 Å². The van der Waals surface area contributed by atoms with Crippen molar-refractivity contribution < 1.29 is 9.53 Å². The fraction of sp³-hybridized carbons (Fsp3) is 0.889. The third kappa shape index (κ3) is 2.67. The second kappa shape index (κ2) is 4.07. The van der Waals surface area contributed by atoms with Crippen LogP contribution in [0.1, 0.15) is 26.2 Å². The first-order chi connectivity index (χ1) is 6.08. The molecular weight excluding hydrogens is 168 g/mol. The van der Waals surface area contributed by atoms with Crippen LogP contribution in [0.3, 0.4) is 0 Å². The van der Waals surface area contributed by atoms with Crippen molar-refractivity contribution in [2.24, 2.45) is 17.4 Å². The van der Waals surface area contributed by atoms with Gasteiger partial charge >= 0.3 is 0 Å². The van der Waals surface area contributed by atoms with E-state index in [0.29, 0.717) is 12.5 Å². The van der Waals surface area contributed by atoms with E-state index >= 15 is 0 Å².